The van der Waals surface area contributed by atoms with Gasteiger partial charge in [-0.1, -0.05) is 0 Å². The van der Waals surface area contributed by atoms with Crippen molar-refractivity contribution in [2.75, 3.05) is 13.1 Å². The van der Waals surface area contributed by atoms with Crippen molar-refractivity contribution < 1.29 is 14.3 Å². The van der Waals surface area contributed by atoms with Crippen LogP contribution in [0.2, 0.25) is 0 Å². The van der Waals surface area contributed by atoms with Crippen LogP contribution in [0.1, 0.15) is 22.4 Å². The summed E-state index contributed by atoms with van der Waals surface area (Å²) in [4.78, 5) is 14.3. The van der Waals surface area contributed by atoms with Crippen LogP contribution in [-0.2, 0) is 0 Å². The molecule has 0 aliphatic carbocycles. The van der Waals surface area contributed by atoms with Crippen LogP contribution in [0, 0.1) is 0 Å². The zero-order valence-electron chi connectivity index (χ0n) is 6.28. The number of nitrogens with one attached hydrogen (secondary N) is 1. The molecular formula is C7H8N2O3. The van der Waals surface area contributed by atoms with Crippen molar-refractivity contribution in [2.24, 2.45) is 0 Å². The minimum Gasteiger partial charge on any atom is -0.475 e. The van der Waals surface area contributed by atoms with E-state index in [1.807, 2.05) is 0 Å². The Morgan fingerprint density at radius 1 is 1.75 bits per heavy atom. The average Bonchev–Trinajstić information content (AvgIpc) is 2.32. The van der Waals surface area contributed by atoms with E-state index in [0.29, 0.717) is 5.89 Å². The van der Waals surface area contributed by atoms with Gasteiger partial charge in [0.05, 0.1) is 12.1 Å². The Morgan fingerprint density at radius 2 is 2.50 bits per heavy atom. The maximum Gasteiger partial charge on any atom is 0.373 e. The molecule has 5 nitrogen and oxygen atoms in total. The predicted molar refractivity (Wildman–Crippen MR) is 39.1 cm³/mol. The van der Waals surface area contributed by atoms with E-state index in [0.717, 1.165) is 13.1 Å². The monoisotopic (exact) mass is 168 g/mol. The average molecular weight is 168 g/mol. The summed E-state index contributed by atoms with van der Waals surface area (Å²) in [6, 6.07) is 0. The highest BCUT2D eigenvalue weighted by Gasteiger charge is 2.24. The van der Waals surface area contributed by atoms with Gasteiger partial charge in [-0.3, -0.25) is 0 Å². The summed E-state index contributed by atoms with van der Waals surface area (Å²) in [5.41, 5.74) is 0. The maximum atomic E-state index is 10.4. The molecule has 12 heavy (non-hydrogen) atoms. The molecule has 0 unspecified atom stereocenters. The van der Waals surface area contributed by atoms with Crippen molar-refractivity contribution in [3.63, 3.8) is 0 Å². The molecule has 1 aromatic heterocycles. The molecule has 0 atom stereocenters. The second-order valence-electron chi connectivity index (χ2n) is 2.72. The third-order valence-electron chi connectivity index (χ3n) is 1.87. The summed E-state index contributed by atoms with van der Waals surface area (Å²) < 4.78 is 5.00. The number of carboxylic acids is 1. The lowest BCUT2D eigenvalue weighted by molar-refractivity contribution is 0.0659. The number of hydrogen-bond donors (Lipinski definition) is 2. The molecule has 2 heterocycles. The molecule has 1 aromatic rings. The molecule has 1 saturated heterocycles. The van der Waals surface area contributed by atoms with Crippen molar-refractivity contribution in [3.8, 4) is 0 Å². The second kappa shape index (κ2) is 2.60. The number of hydrogen-bond acceptors (Lipinski definition) is 4. The van der Waals surface area contributed by atoms with E-state index >= 15 is 0 Å². The van der Waals surface area contributed by atoms with Gasteiger partial charge in [0.2, 0.25) is 11.7 Å². The SMILES string of the molecule is O=C(O)c1cnc(C2CNC2)o1. The first-order valence-electron chi connectivity index (χ1n) is 3.67. The standard InChI is InChI=1S/C7H8N2O3/c10-7(11)5-3-9-6(12-5)4-1-8-2-4/h3-4,8H,1-2H2,(H,10,11). The lowest BCUT2D eigenvalue weighted by Crippen LogP contribution is -2.40. The van der Waals surface area contributed by atoms with Gasteiger partial charge in [-0.25, -0.2) is 9.78 Å². The van der Waals surface area contributed by atoms with E-state index in [9.17, 15) is 4.79 Å². The molecule has 0 aromatic carbocycles. The van der Waals surface area contributed by atoms with Gasteiger partial charge >= 0.3 is 5.97 Å². The lowest BCUT2D eigenvalue weighted by atomic mass is 10.0. The van der Waals surface area contributed by atoms with Gasteiger partial charge in [-0.05, 0) is 0 Å². The Morgan fingerprint density at radius 3 is 2.92 bits per heavy atom. The van der Waals surface area contributed by atoms with Gasteiger partial charge in [0, 0.05) is 13.1 Å². The van der Waals surface area contributed by atoms with E-state index < -0.39 is 5.97 Å². The highest BCUT2D eigenvalue weighted by atomic mass is 16.4. The third-order valence-corrected chi connectivity index (χ3v) is 1.87. The van der Waals surface area contributed by atoms with Crippen molar-refractivity contribution >= 4 is 5.97 Å². The van der Waals surface area contributed by atoms with Crippen LogP contribution in [0.5, 0.6) is 0 Å². The number of nitrogens with zero attached hydrogens (tertiary/aromatic N) is 1. The summed E-state index contributed by atoms with van der Waals surface area (Å²) in [5.74, 6) is -0.387. The van der Waals surface area contributed by atoms with Crippen LogP contribution >= 0.6 is 0 Å². The molecule has 1 aliphatic rings. The number of carboxylic acid groups (broad SMARTS) is 1. The molecule has 0 radical (unpaired) electrons. The lowest BCUT2D eigenvalue weighted by Gasteiger charge is -2.23. The number of rotatable bonds is 2. The number of aromatic carboxylic acids is 1. The van der Waals surface area contributed by atoms with Gasteiger partial charge in [0.1, 0.15) is 0 Å². The van der Waals surface area contributed by atoms with Crippen LogP contribution in [-0.4, -0.2) is 29.1 Å². The van der Waals surface area contributed by atoms with Crippen molar-refractivity contribution in [2.45, 2.75) is 5.92 Å². The smallest absolute Gasteiger partial charge is 0.373 e. The van der Waals surface area contributed by atoms with Crippen LogP contribution < -0.4 is 5.32 Å². The Kier molecular flexibility index (Phi) is 1.58. The molecule has 0 bridgehead atoms. The van der Waals surface area contributed by atoms with E-state index in [1.54, 1.807) is 0 Å². The van der Waals surface area contributed by atoms with E-state index in [-0.39, 0.29) is 11.7 Å². The van der Waals surface area contributed by atoms with Crippen molar-refractivity contribution in [1.29, 1.82) is 0 Å². The predicted octanol–water partition coefficient (Wildman–Crippen LogP) is 0.0596. The van der Waals surface area contributed by atoms with E-state index in [4.69, 9.17) is 9.52 Å². The molecule has 2 N–H and O–H groups in total. The highest BCUT2D eigenvalue weighted by Crippen LogP contribution is 2.18. The fourth-order valence-corrected chi connectivity index (χ4v) is 1.04. The van der Waals surface area contributed by atoms with Crippen molar-refractivity contribution in [3.05, 3.63) is 17.8 Å². The van der Waals surface area contributed by atoms with Crippen LogP contribution in [0.25, 0.3) is 0 Å². The topological polar surface area (TPSA) is 75.4 Å². The molecule has 2 rings (SSSR count). The molecular weight excluding hydrogens is 160 g/mol. The molecule has 1 aliphatic heterocycles. The molecule has 0 amide bonds. The fraction of sp³-hybridized carbons (Fsp3) is 0.429. The summed E-state index contributed by atoms with van der Waals surface area (Å²) in [7, 11) is 0. The Bertz CT molecular complexity index is 303. The normalized spacial score (nSPS) is 17.3. The van der Waals surface area contributed by atoms with E-state index in [1.165, 1.54) is 6.20 Å². The third kappa shape index (κ3) is 1.08. The minimum absolute atomic E-state index is 0.0862. The number of oxazole rings is 1. The Labute approximate surface area is 68.4 Å². The fourth-order valence-electron chi connectivity index (χ4n) is 1.04. The van der Waals surface area contributed by atoms with Gasteiger partial charge in [0.15, 0.2) is 0 Å². The Balaban J connectivity index is 2.17. The maximum absolute atomic E-state index is 10.4. The highest BCUT2D eigenvalue weighted by molar-refractivity contribution is 5.83. The first kappa shape index (κ1) is 7.30. The van der Waals surface area contributed by atoms with Crippen LogP contribution in [0.4, 0.5) is 0 Å². The van der Waals surface area contributed by atoms with Gasteiger partial charge < -0.3 is 14.8 Å². The second-order valence-corrected chi connectivity index (χ2v) is 2.72. The molecule has 0 saturated carbocycles. The molecule has 1 fully saturated rings. The zero-order chi connectivity index (χ0) is 8.55. The number of carbonyl (C=O) groups is 1. The first-order valence-corrected chi connectivity index (χ1v) is 3.67. The summed E-state index contributed by atoms with van der Waals surface area (Å²) in [6.45, 7) is 1.64. The largest absolute Gasteiger partial charge is 0.475 e. The molecule has 0 spiro atoms. The van der Waals surface area contributed by atoms with Crippen LogP contribution in [0.15, 0.2) is 10.6 Å². The van der Waals surface area contributed by atoms with Gasteiger partial charge in [-0.2, -0.15) is 0 Å². The minimum atomic E-state index is -1.07. The van der Waals surface area contributed by atoms with Gasteiger partial charge in [0.25, 0.3) is 0 Å². The summed E-state index contributed by atoms with van der Waals surface area (Å²) in [5, 5.41) is 11.6. The summed E-state index contributed by atoms with van der Waals surface area (Å²) >= 11 is 0. The quantitative estimate of drug-likeness (QED) is 0.653. The van der Waals surface area contributed by atoms with Crippen LogP contribution in [0.3, 0.4) is 0 Å². The molecule has 5 heteroatoms. The Hall–Kier alpha value is -1.36. The zero-order valence-corrected chi connectivity index (χ0v) is 6.28. The number of aromatic nitrogens is 1. The van der Waals surface area contributed by atoms with Crippen molar-refractivity contribution in [1.82, 2.24) is 10.3 Å². The molecule has 64 valence electrons. The van der Waals surface area contributed by atoms with Gasteiger partial charge in [-0.15, -0.1) is 0 Å². The first-order chi connectivity index (χ1) is 5.77. The summed E-state index contributed by atoms with van der Waals surface area (Å²) in [6.07, 6.45) is 1.25. The van der Waals surface area contributed by atoms with E-state index in [2.05, 4.69) is 10.3 Å².